The summed E-state index contributed by atoms with van der Waals surface area (Å²) in [6.45, 7) is 1.17. The molecule has 0 aliphatic heterocycles. The van der Waals surface area contributed by atoms with Crippen LogP contribution in [-0.2, 0) is 5.92 Å². The van der Waals surface area contributed by atoms with Crippen molar-refractivity contribution in [3.63, 3.8) is 0 Å². The zero-order valence-corrected chi connectivity index (χ0v) is 6.92. The van der Waals surface area contributed by atoms with E-state index in [0.29, 0.717) is 0 Å². The molecule has 0 saturated carbocycles. The number of alkyl halides is 2. The van der Waals surface area contributed by atoms with Gasteiger partial charge in [-0.2, -0.15) is 8.78 Å². The Morgan fingerprint density at radius 2 is 2.18 bits per heavy atom. The lowest BCUT2D eigenvalue weighted by molar-refractivity contribution is 0.00989. The van der Waals surface area contributed by atoms with Gasteiger partial charge in [-0.1, -0.05) is 0 Å². The van der Waals surface area contributed by atoms with E-state index in [1.807, 2.05) is 0 Å². The first-order chi connectivity index (χ1) is 5.06. The maximum atomic E-state index is 12.8. The second-order valence-electron chi connectivity index (χ2n) is 2.32. The zero-order valence-electron chi connectivity index (χ0n) is 6.10. The van der Waals surface area contributed by atoms with Gasteiger partial charge in [0.15, 0.2) is 0 Å². The highest BCUT2D eigenvalue weighted by atomic mass is 32.1. The van der Waals surface area contributed by atoms with Crippen LogP contribution >= 0.6 is 11.3 Å². The monoisotopic (exact) mass is 177 g/mol. The van der Waals surface area contributed by atoms with Crippen molar-refractivity contribution in [3.8, 4) is 0 Å². The lowest BCUT2D eigenvalue weighted by atomic mass is 10.3. The molecule has 0 aliphatic carbocycles. The standard InChI is InChI=1S/C7H9F2NS/c1-5-2-3-6(11-5)7(8,9)4-10/h2-3H,4,10H2,1H3. The van der Waals surface area contributed by atoms with Crippen molar-refractivity contribution in [2.45, 2.75) is 12.8 Å². The maximum Gasteiger partial charge on any atom is 0.294 e. The lowest BCUT2D eigenvalue weighted by Gasteiger charge is -2.10. The first-order valence-corrected chi connectivity index (χ1v) is 4.03. The van der Waals surface area contributed by atoms with Crippen molar-refractivity contribution in [3.05, 3.63) is 21.9 Å². The molecule has 0 spiro atoms. The molecule has 1 aromatic heterocycles. The SMILES string of the molecule is Cc1ccc(C(F)(F)CN)s1. The topological polar surface area (TPSA) is 26.0 Å². The molecule has 0 aromatic carbocycles. The Labute approximate surface area is 67.8 Å². The molecular weight excluding hydrogens is 168 g/mol. The third-order valence-corrected chi connectivity index (χ3v) is 2.47. The van der Waals surface area contributed by atoms with Gasteiger partial charge in [-0.05, 0) is 19.1 Å². The van der Waals surface area contributed by atoms with Crippen LogP contribution in [0.1, 0.15) is 9.75 Å². The second kappa shape index (κ2) is 2.87. The molecule has 1 aromatic rings. The molecule has 0 unspecified atom stereocenters. The Morgan fingerprint density at radius 1 is 1.55 bits per heavy atom. The maximum absolute atomic E-state index is 12.8. The van der Waals surface area contributed by atoms with E-state index in [0.717, 1.165) is 16.2 Å². The molecule has 0 amide bonds. The van der Waals surface area contributed by atoms with Crippen LogP contribution in [-0.4, -0.2) is 6.54 Å². The molecular formula is C7H9F2NS. The Morgan fingerprint density at radius 3 is 2.55 bits per heavy atom. The van der Waals surface area contributed by atoms with Crippen LogP contribution in [0, 0.1) is 6.92 Å². The third-order valence-electron chi connectivity index (χ3n) is 1.36. The average Bonchev–Trinajstić information content (AvgIpc) is 2.36. The van der Waals surface area contributed by atoms with E-state index < -0.39 is 12.5 Å². The summed E-state index contributed by atoms with van der Waals surface area (Å²) >= 11 is 1.09. The van der Waals surface area contributed by atoms with E-state index >= 15 is 0 Å². The highest BCUT2D eigenvalue weighted by Gasteiger charge is 2.30. The zero-order chi connectivity index (χ0) is 8.48. The van der Waals surface area contributed by atoms with Gasteiger partial charge < -0.3 is 5.73 Å². The fourth-order valence-corrected chi connectivity index (χ4v) is 1.58. The molecule has 0 saturated heterocycles. The number of rotatable bonds is 2. The van der Waals surface area contributed by atoms with Gasteiger partial charge >= 0.3 is 0 Å². The summed E-state index contributed by atoms with van der Waals surface area (Å²) in [5, 5.41) is 0. The number of halogens is 2. The first kappa shape index (κ1) is 8.62. The Bertz CT molecular complexity index is 244. The largest absolute Gasteiger partial charge is 0.325 e. The molecule has 0 bridgehead atoms. The van der Waals surface area contributed by atoms with Gasteiger partial charge in [0.25, 0.3) is 5.92 Å². The molecule has 2 N–H and O–H groups in total. The predicted octanol–water partition coefficient (Wildman–Crippen LogP) is 2.11. The first-order valence-electron chi connectivity index (χ1n) is 3.21. The van der Waals surface area contributed by atoms with Gasteiger partial charge in [0, 0.05) is 4.88 Å². The van der Waals surface area contributed by atoms with Gasteiger partial charge in [-0.25, -0.2) is 0 Å². The molecule has 0 radical (unpaired) electrons. The third kappa shape index (κ3) is 1.75. The van der Waals surface area contributed by atoms with Crippen LogP contribution in [0.2, 0.25) is 0 Å². The average molecular weight is 177 g/mol. The van der Waals surface area contributed by atoms with Crippen LogP contribution in [0.25, 0.3) is 0 Å². The van der Waals surface area contributed by atoms with Crippen LogP contribution in [0.3, 0.4) is 0 Å². The summed E-state index contributed by atoms with van der Waals surface area (Å²) < 4.78 is 25.6. The van der Waals surface area contributed by atoms with Crippen molar-refractivity contribution in [2.24, 2.45) is 5.73 Å². The van der Waals surface area contributed by atoms with Crippen LogP contribution in [0.4, 0.5) is 8.78 Å². The minimum Gasteiger partial charge on any atom is -0.325 e. The van der Waals surface area contributed by atoms with E-state index in [1.165, 1.54) is 6.07 Å². The number of aryl methyl sites for hydroxylation is 1. The van der Waals surface area contributed by atoms with Crippen molar-refractivity contribution in [2.75, 3.05) is 6.54 Å². The summed E-state index contributed by atoms with van der Waals surface area (Å²) in [5.41, 5.74) is 4.90. The fraction of sp³-hybridized carbons (Fsp3) is 0.429. The van der Waals surface area contributed by atoms with Crippen LogP contribution < -0.4 is 5.73 Å². The summed E-state index contributed by atoms with van der Waals surface area (Å²) in [4.78, 5) is 0.936. The fourth-order valence-electron chi connectivity index (χ4n) is 0.732. The van der Waals surface area contributed by atoms with Gasteiger partial charge in [0.2, 0.25) is 0 Å². The molecule has 4 heteroatoms. The summed E-state index contributed by atoms with van der Waals surface area (Å²) in [6.07, 6.45) is 0. The lowest BCUT2D eigenvalue weighted by Crippen LogP contribution is -2.23. The highest BCUT2D eigenvalue weighted by molar-refractivity contribution is 7.12. The van der Waals surface area contributed by atoms with E-state index in [9.17, 15) is 8.78 Å². The molecule has 1 heterocycles. The van der Waals surface area contributed by atoms with Gasteiger partial charge in [-0.3, -0.25) is 0 Å². The summed E-state index contributed by atoms with van der Waals surface area (Å²) in [7, 11) is 0. The Balaban J connectivity index is 2.92. The van der Waals surface area contributed by atoms with Gasteiger partial charge in [0.05, 0.1) is 11.4 Å². The van der Waals surface area contributed by atoms with Crippen molar-refractivity contribution in [1.82, 2.24) is 0 Å². The van der Waals surface area contributed by atoms with Crippen LogP contribution in [0.5, 0.6) is 0 Å². The molecule has 62 valence electrons. The van der Waals surface area contributed by atoms with Gasteiger partial charge in [-0.15, -0.1) is 11.3 Å². The van der Waals surface area contributed by atoms with E-state index in [2.05, 4.69) is 0 Å². The summed E-state index contributed by atoms with van der Waals surface area (Å²) in [5.74, 6) is -2.85. The number of thiophene rings is 1. The normalized spacial score (nSPS) is 12.0. The van der Waals surface area contributed by atoms with Crippen molar-refractivity contribution >= 4 is 11.3 Å². The van der Waals surface area contributed by atoms with Gasteiger partial charge in [0.1, 0.15) is 0 Å². The van der Waals surface area contributed by atoms with E-state index in [-0.39, 0.29) is 4.88 Å². The quantitative estimate of drug-likeness (QED) is 0.735. The molecule has 0 aliphatic rings. The molecule has 0 atom stereocenters. The Kier molecular flexibility index (Phi) is 2.25. The van der Waals surface area contributed by atoms with Crippen LogP contribution in [0.15, 0.2) is 12.1 Å². The van der Waals surface area contributed by atoms with Crippen molar-refractivity contribution in [1.29, 1.82) is 0 Å². The number of nitrogens with two attached hydrogens (primary N) is 1. The highest BCUT2D eigenvalue weighted by Crippen LogP contribution is 2.31. The Hall–Kier alpha value is -0.480. The van der Waals surface area contributed by atoms with E-state index in [4.69, 9.17) is 5.73 Å². The predicted molar refractivity (Wildman–Crippen MR) is 42.0 cm³/mol. The summed E-state index contributed by atoms with van der Waals surface area (Å²) in [6, 6.07) is 3.09. The second-order valence-corrected chi connectivity index (χ2v) is 3.61. The molecule has 1 nitrogen and oxygen atoms in total. The minimum atomic E-state index is -2.85. The smallest absolute Gasteiger partial charge is 0.294 e. The van der Waals surface area contributed by atoms with Crippen molar-refractivity contribution < 1.29 is 8.78 Å². The number of hydrogen-bond acceptors (Lipinski definition) is 2. The molecule has 0 fully saturated rings. The molecule has 11 heavy (non-hydrogen) atoms. The molecule has 1 rings (SSSR count). The van der Waals surface area contributed by atoms with E-state index in [1.54, 1.807) is 13.0 Å². The minimum absolute atomic E-state index is 0.0532. The number of hydrogen-bond donors (Lipinski definition) is 1.